The second-order valence-corrected chi connectivity index (χ2v) is 6.61. The van der Waals surface area contributed by atoms with Crippen LogP contribution < -0.4 is 5.32 Å². The average molecular weight is 292 g/mol. The van der Waals surface area contributed by atoms with Crippen molar-refractivity contribution in [2.75, 3.05) is 26.2 Å². The third-order valence-electron chi connectivity index (χ3n) is 4.96. The van der Waals surface area contributed by atoms with Crippen LogP contribution in [0.4, 0.5) is 0 Å². The first-order valence-electron chi connectivity index (χ1n) is 8.27. The van der Waals surface area contributed by atoms with E-state index in [-0.39, 0.29) is 6.61 Å². The van der Waals surface area contributed by atoms with Gasteiger partial charge in [0.25, 0.3) is 0 Å². The second-order valence-electron chi connectivity index (χ2n) is 6.61. The average Bonchev–Trinajstić information content (AvgIpc) is 3.15. The quantitative estimate of drug-likeness (QED) is 0.789. The molecule has 1 saturated carbocycles. The van der Waals surface area contributed by atoms with Crippen LogP contribution in [-0.4, -0.2) is 52.1 Å². The number of hydrogen-bond donors (Lipinski definition) is 2. The van der Waals surface area contributed by atoms with Crippen molar-refractivity contribution in [2.24, 2.45) is 5.92 Å². The number of nitrogens with zero attached hydrogens (tertiary/aromatic N) is 3. The molecule has 5 heteroatoms. The highest BCUT2D eigenvalue weighted by Crippen LogP contribution is 2.31. The molecule has 1 atom stereocenters. The van der Waals surface area contributed by atoms with Gasteiger partial charge in [-0.25, -0.2) is 0 Å². The highest BCUT2D eigenvalue weighted by Gasteiger charge is 2.34. The molecule has 1 aliphatic heterocycles. The highest BCUT2D eigenvalue weighted by atomic mass is 16.3. The van der Waals surface area contributed by atoms with Gasteiger partial charge in [-0.1, -0.05) is 0 Å². The number of aromatic nitrogens is 2. The molecule has 2 heterocycles. The van der Waals surface area contributed by atoms with Crippen molar-refractivity contribution < 1.29 is 5.11 Å². The first-order chi connectivity index (χ1) is 10.2. The predicted molar refractivity (Wildman–Crippen MR) is 83.2 cm³/mol. The van der Waals surface area contributed by atoms with Gasteiger partial charge in [0.2, 0.25) is 0 Å². The van der Waals surface area contributed by atoms with Crippen LogP contribution in [0, 0.1) is 19.8 Å². The van der Waals surface area contributed by atoms with Gasteiger partial charge >= 0.3 is 0 Å². The fourth-order valence-corrected chi connectivity index (χ4v) is 3.50. The van der Waals surface area contributed by atoms with E-state index < -0.39 is 0 Å². The number of aryl methyl sites for hydroxylation is 1. The van der Waals surface area contributed by atoms with E-state index in [1.165, 1.54) is 43.6 Å². The van der Waals surface area contributed by atoms with Crippen molar-refractivity contribution in [3.63, 3.8) is 0 Å². The molecule has 1 aromatic rings. The molecule has 0 spiro atoms. The van der Waals surface area contributed by atoms with E-state index >= 15 is 0 Å². The topological polar surface area (TPSA) is 53.3 Å². The fourth-order valence-electron chi connectivity index (χ4n) is 3.50. The van der Waals surface area contributed by atoms with Gasteiger partial charge in [-0.2, -0.15) is 5.10 Å². The van der Waals surface area contributed by atoms with Crippen molar-refractivity contribution >= 4 is 0 Å². The van der Waals surface area contributed by atoms with Crippen molar-refractivity contribution in [1.82, 2.24) is 20.0 Å². The van der Waals surface area contributed by atoms with E-state index in [1.807, 2.05) is 4.68 Å². The highest BCUT2D eigenvalue weighted by molar-refractivity contribution is 5.24. The number of rotatable bonds is 7. The van der Waals surface area contributed by atoms with Crippen molar-refractivity contribution in [1.29, 1.82) is 0 Å². The van der Waals surface area contributed by atoms with Gasteiger partial charge in [0.05, 0.1) is 18.8 Å². The Morgan fingerprint density at radius 3 is 2.81 bits per heavy atom. The second kappa shape index (κ2) is 6.46. The van der Waals surface area contributed by atoms with Crippen LogP contribution in [0.5, 0.6) is 0 Å². The normalized spacial score (nSPS) is 23.1. The van der Waals surface area contributed by atoms with E-state index in [0.29, 0.717) is 6.54 Å². The van der Waals surface area contributed by atoms with E-state index in [4.69, 9.17) is 5.11 Å². The van der Waals surface area contributed by atoms with Crippen molar-refractivity contribution in [2.45, 2.75) is 52.2 Å². The Kier molecular flexibility index (Phi) is 4.62. The summed E-state index contributed by atoms with van der Waals surface area (Å²) in [6.45, 7) is 9.46. The fraction of sp³-hybridized carbons (Fsp3) is 0.812. The van der Waals surface area contributed by atoms with E-state index in [2.05, 4.69) is 29.2 Å². The summed E-state index contributed by atoms with van der Waals surface area (Å²) in [7, 11) is 0. The molecule has 1 aromatic heterocycles. The first-order valence-corrected chi connectivity index (χ1v) is 8.27. The van der Waals surface area contributed by atoms with Gasteiger partial charge in [0, 0.05) is 30.4 Å². The minimum absolute atomic E-state index is 0.147. The van der Waals surface area contributed by atoms with Gasteiger partial charge in [-0.05, 0) is 52.1 Å². The Balaban J connectivity index is 1.47. The summed E-state index contributed by atoms with van der Waals surface area (Å²) < 4.78 is 1.91. The lowest BCUT2D eigenvalue weighted by molar-refractivity contribution is 0.267. The summed E-state index contributed by atoms with van der Waals surface area (Å²) >= 11 is 0. The molecule has 1 saturated heterocycles. The lowest BCUT2D eigenvalue weighted by atomic mass is 10.1. The lowest BCUT2D eigenvalue weighted by Gasteiger charge is -2.15. The number of hydrogen-bond acceptors (Lipinski definition) is 4. The predicted octanol–water partition coefficient (Wildman–Crippen LogP) is 1.07. The molecule has 1 unspecified atom stereocenters. The Morgan fingerprint density at radius 2 is 2.10 bits per heavy atom. The Labute approximate surface area is 127 Å². The Bertz CT molecular complexity index is 481. The maximum Gasteiger partial charge on any atom is 0.0644 e. The van der Waals surface area contributed by atoms with Gasteiger partial charge in [-0.3, -0.25) is 4.68 Å². The number of aliphatic hydroxyl groups excluding tert-OH is 1. The van der Waals surface area contributed by atoms with Crippen LogP contribution in [0.25, 0.3) is 0 Å². The molecule has 118 valence electrons. The molecule has 21 heavy (non-hydrogen) atoms. The summed E-state index contributed by atoms with van der Waals surface area (Å²) in [5.74, 6) is 0.804. The standard InChI is InChI=1S/C16H28N4O/c1-12-16(13(2)20(18-12)7-8-21)10-17-9-14-5-6-19(11-14)15-3-4-15/h14-15,17,21H,3-11H2,1-2H3. The number of nitrogens with one attached hydrogen (secondary N) is 1. The van der Waals surface area contributed by atoms with Gasteiger partial charge < -0.3 is 15.3 Å². The Hall–Kier alpha value is -0.910. The molecule has 3 rings (SSSR count). The molecule has 2 fully saturated rings. The van der Waals surface area contributed by atoms with Gasteiger partial charge in [0.1, 0.15) is 0 Å². The molecular formula is C16H28N4O. The van der Waals surface area contributed by atoms with Crippen molar-refractivity contribution in [3.8, 4) is 0 Å². The maximum absolute atomic E-state index is 9.06. The van der Waals surface area contributed by atoms with E-state index in [1.54, 1.807) is 0 Å². The zero-order chi connectivity index (χ0) is 14.8. The minimum Gasteiger partial charge on any atom is -0.394 e. The molecule has 0 bridgehead atoms. The van der Waals surface area contributed by atoms with Crippen molar-refractivity contribution in [3.05, 3.63) is 17.0 Å². The molecule has 5 nitrogen and oxygen atoms in total. The molecule has 1 aliphatic carbocycles. The maximum atomic E-state index is 9.06. The SMILES string of the molecule is Cc1nn(CCO)c(C)c1CNCC1CCN(C2CC2)C1. The summed E-state index contributed by atoms with van der Waals surface area (Å²) in [4.78, 5) is 2.67. The summed E-state index contributed by atoms with van der Waals surface area (Å²) in [5.41, 5.74) is 3.56. The minimum atomic E-state index is 0.147. The summed E-state index contributed by atoms with van der Waals surface area (Å²) in [5, 5.41) is 17.2. The monoisotopic (exact) mass is 292 g/mol. The van der Waals surface area contributed by atoms with E-state index in [0.717, 1.165) is 30.7 Å². The number of likely N-dealkylation sites (tertiary alicyclic amines) is 1. The van der Waals surface area contributed by atoms with Gasteiger partial charge in [0.15, 0.2) is 0 Å². The van der Waals surface area contributed by atoms with Crippen LogP contribution in [0.3, 0.4) is 0 Å². The molecule has 0 aromatic carbocycles. The first kappa shape index (κ1) is 15.0. The Morgan fingerprint density at radius 1 is 1.29 bits per heavy atom. The lowest BCUT2D eigenvalue weighted by Crippen LogP contribution is -2.27. The van der Waals surface area contributed by atoms with Crippen LogP contribution >= 0.6 is 0 Å². The third-order valence-corrected chi connectivity index (χ3v) is 4.96. The summed E-state index contributed by atoms with van der Waals surface area (Å²) in [6, 6.07) is 0.913. The zero-order valence-corrected chi connectivity index (χ0v) is 13.3. The third kappa shape index (κ3) is 3.47. The number of aliphatic hydroxyl groups is 1. The van der Waals surface area contributed by atoms with Crippen LogP contribution in [-0.2, 0) is 13.1 Å². The molecular weight excluding hydrogens is 264 g/mol. The summed E-state index contributed by atoms with van der Waals surface area (Å²) in [6.07, 6.45) is 4.18. The molecule has 0 radical (unpaired) electrons. The zero-order valence-electron chi connectivity index (χ0n) is 13.3. The van der Waals surface area contributed by atoms with Crippen LogP contribution in [0.1, 0.15) is 36.2 Å². The van der Waals surface area contributed by atoms with Crippen LogP contribution in [0.2, 0.25) is 0 Å². The van der Waals surface area contributed by atoms with E-state index in [9.17, 15) is 0 Å². The molecule has 2 aliphatic rings. The molecule has 2 N–H and O–H groups in total. The molecule has 0 amide bonds. The van der Waals surface area contributed by atoms with Gasteiger partial charge in [-0.15, -0.1) is 0 Å². The largest absolute Gasteiger partial charge is 0.394 e. The van der Waals surface area contributed by atoms with Crippen LogP contribution in [0.15, 0.2) is 0 Å². The smallest absolute Gasteiger partial charge is 0.0644 e.